The Morgan fingerprint density at radius 1 is 1.40 bits per heavy atom. The molecule has 2 N–H and O–H groups in total. The van der Waals surface area contributed by atoms with Gasteiger partial charge in [-0.05, 0) is 24.6 Å². The minimum Gasteiger partial charge on any atom is -0.320 e. The van der Waals surface area contributed by atoms with Crippen LogP contribution in [0.25, 0.3) is 0 Å². The molecular formula is C14H15FN4S. The standard InChI is InChI=1S/C14H15FN4S/c1-10-17-18-14(19(10)2)20-9-12-6-5-11(4-3-7-16)8-13(12)15/h5-6,8H,7,9,16H2,1-2H3. The van der Waals surface area contributed by atoms with Gasteiger partial charge in [-0.2, -0.15) is 0 Å². The molecule has 2 rings (SSSR count). The lowest BCUT2D eigenvalue weighted by molar-refractivity contribution is 0.616. The van der Waals surface area contributed by atoms with E-state index in [4.69, 9.17) is 5.73 Å². The predicted octanol–water partition coefficient (Wildman–Crippen LogP) is 1.87. The summed E-state index contributed by atoms with van der Waals surface area (Å²) in [7, 11) is 1.89. The van der Waals surface area contributed by atoms with Crippen LogP contribution in [-0.4, -0.2) is 21.3 Å². The molecule has 1 aromatic carbocycles. The van der Waals surface area contributed by atoms with E-state index < -0.39 is 0 Å². The molecule has 0 saturated heterocycles. The van der Waals surface area contributed by atoms with Gasteiger partial charge in [-0.1, -0.05) is 29.7 Å². The Morgan fingerprint density at radius 3 is 2.80 bits per heavy atom. The molecule has 0 aliphatic rings. The number of rotatable bonds is 3. The molecule has 0 bridgehead atoms. The maximum Gasteiger partial charge on any atom is 0.191 e. The van der Waals surface area contributed by atoms with Crippen molar-refractivity contribution < 1.29 is 4.39 Å². The summed E-state index contributed by atoms with van der Waals surface area (Å²) < 4.78 is 15.8. The van der Waals surface area contributed by atoms with Crippen LogP contribution in [0, 0.1) is 24.6 Å². The molecule has 0 aliphatic heterocycles. The Hall–Kier alpha value is -1.84. The van der Waals surface area contributed by atoms with Crippen molar-refractivity contribution in [1.29, 1.82) is 0 Å². The quantitative estimate of drug-likeness (QED) is 0.692. The summed E-state index contributed by atoms with van der Waals surface area (Å²) in [5, 5.41) is 8.77. The van der Waals surface area contributed by atoms with Gasteiger partial charge in [0.15, 0.2) is 5.16 Å². The smallest absolute Gasteiger partial charge is 0.191 e. The zero-order valence-corrected chi connectivity index (χ0v) is 12.2. The lowest BCUT2D eigenvalue weighted by Gasteiger charge is -2.04. The van der Waals surface area contributed by atoms with Crippen molar-refractivity contribution in [3.63, 3.8) is 0 Å². The fraction of sp³-hybridized carbons (Fsp3) is 0.286. The van der Waals surface area contributed by atoms with Crippen molar-refractivity contribution in [3.8, 4) is 11.8 Å². The molecule has 20 heavy (non-hydrogen) atoms. The normalized spacial score (nSPS) is 10.2. The van der Waals surface area contributed by atoms with Crippen molar-refractivity contribution in [2.75, 3.05) is 6.54 Å². The molecule has 0 atom stereocenters. The van der Waals surface area contributed by atoms with Crippen LogP contribution in [0.1, 0.15) is 17.0 Å². The number of benzene rings is 1. The van der Waals surface area contributed by atoms with E-state index >= 15 is 0 Å². The second-order valence-electron chi connectivity index (χ2n) is 4.19. The van der Waals surface area contributed by atoms with Gasteiger partial charge in [-0.15, -0.1) is 10.2 Å². The molecule has 4 nitrogen and oxygen atoms in total. The average molecular weight is 290 g/mol. The SMILES string of the molecule is Cc1nnc(SCc2ccc(C#CCN)cc2F)n1C. The van der Waals surface area contributed by atoms with Gasteiger partial charge in [0.25, 0.3) is 0 Å². The zero-order valence-electron chi connectivity index (χ0n) is 11.4. The number of hydrogen-bond donors (Lipinski definition) is 1. The minimum atomic E-state index is -0.264. The number of thioether (sulfide) groups is 1. The summed E-state index contributed by atoms with van der Waals surface area (Å²) in [6, 6.07) is 4.97. The van der Waals surface area contributed by atoms with Gasteiger partial charge in [0, 0.05) is 18.4 Å². The first-order valence-corrected chi connectivity index (χ1v) is 7.06. The van der Waals surface area contributed by atoms with Gasteiger partial charge < -0.3 is 10.3 Å². The van der Waals surface area contributed by atoms with Crippen molar-refractivity contribution >= 4 is 11.8 Å². The van der Waals surface area contributed by atoms with Gasteiger partial charge in [0.1, 0.15) is 11.6 Å². The van der Waals surface area contributed by atoms with E-state index in [1.165, 1.54) is 17.8 Å². The lowest BCUT2D eigenvalue weighted by Crippen LogP contribution is -1.95. The van der Waals surface area contributed by atoms with Crippen molar-refractivity contribution in [2.24, 2.45) is 12.8 Å². The Balaban J connectivity index is 2.08. The van der Waals surface area contributed by atoms with Gasteiger partial charge in [0.2, 0.25) is 0 Å². The van der Waals surface area contributed by atoms with E-state index in [9.17, 15) is 4.39 Å². The molecule has 6 heteroatoms. The number of hydrogen-bond acceptors (Lipinski definition) is 4. The highest BCUT2D eigenvalue weighted by Gasteiger charge is 2.08. The first-order valence-electron chi connectivity index (χ1n) is 6.08. The summed E-state index contributed by atoms with van der Waals surface area (Å²) >= 11 is 1.45. The molecule has 1 heterocycles. The van der Waals surface area contributed by atoms with E-state index in [0.29, 0.717) is 16.9 Å². The van der Waals surface area contributed by atoms with Crippen LogP contribution in [0.5, 0.6) is 0 Å². The number of nitrogens with zero attached hydrogens (tertiary/aromatic N) is 3. The molecule has 0 saturated carbocycles. The Morgan fingerprint density at radius 2 is 2.20 bits per heavy atom. The number of nitrogens with two attached hydrogens (primary N) is 1. The third-order valence-electron chi connectivity index (χ3n) is 2.80. The number of aryl methyl sites for hydroxylation is 1. The van der Waals surface area contributed by atoms with Gasteiger partial charge in [0.05, 0.1) is 6.54 Å². The van der Waals surface area contributed by atoms with Crippen LogP contribution < -0.4 is 5.73 Å². The second-order valence-corrected chi connectivity index (χ2v) is 5.13. The highest BCUT2D eigenvalue weighted by Crippen LogP contribution is 2.22. The van der Waals surface area contributed by atoms with E-state index in [0.717, 1.165) is 11.0 Å². The van der Waals surface area contributed by atoms with Crippen molar-refractivity contribution in [3.05, 3.63) is 41.0 Å². The van der Waals surface area contributed by atoms with Crippen molar-refractivity contribution in [2.45, 2.75) is 17.8 Å². The van der Waals surface area contributed by atoms with Gasteiger partial charge in [-0.25, -0.2) is 4.39 Å². The highest BCUT2D eigenvalue weighted by atomic mass is 32.2. The van der Waals surface area contributed by atoms with Gasteiger partial charge in [-0.3, -0.25) is 0 Å². The topological polar surface area (TPSA) is 56.7 Å². The molecular weight excluding hydrogens is 275 g/mol. The van der Waals surface area contributed by atoms with Crippen LogP contribution in [0.2, 0.25) is 0 Å². The van der Waals surface area contributed by atoms with Crippen molar-refractivity contribution in [1.82, 2.24) is 14.8 Å². The maximum atomic E-state index is 13.9. The van der Waals surface area contributed by atoms with E-state index in [1.807, 2.05) is 18.5 Å². The average Bonchev–Trinajstić information content (AvgIpc) is 2.76. The minimum absolute atomic E-state index is 0.264. The monoisotopic (exact) mass is 290 g/mol. The third kappa shape index (κ3) is 3.38. The van der Waals surface area contributed by atoms with Crippen LogP contribution in [0.3, 0.4) is 0 Å². The fourth-order valence-corrected chi connectivity index (χ4v) is 2.49. The fourth-order valence-electron chi connectivity index (χ4n) is 1.55. The summed E-state index contributed by atoms with van der Waals surface area (Å²) in [5.74, 6) is 6.59. The zero-order chi connectivity index (χ0) is 14.5. The molecule has 0 aliphatic carbocycles. The van der Waals surface area contributed by atoms with Gasteiger partial charge >= 0.3 is 0 Å². The largest absolute Gasteiger partial charge is 0.320 e. The molecule has 0 spiro atoms. The molecule has 0 amide bonds. The highest BCUT2D eigenvalue weighted by molar-refractivity contribution is 7.98. The van der Waals surface area contributed by atoms with Crippen LogP contribution >= 0.6 is 11.8 Å². The summed E-state index contributed by atoms with van der Waals surface area (Å²) in [6.45, 7) is 2.15. The van der Waals surface area contributed by atoms with E-state index in [1.54, 1.807) is 12.1 Å². The molecule has 104 valence electrons. The first kappa shape index (κ1) is 14.6. The molecule has 0 fully saturated rings. The Kier molecular flexibility index (Phi) is 4.77. The van der Waals surface area contributed by atoms with E-state index in [2.05, 4.69) is 22.0 Å². The summed E-state index contributed by atoms with van der Waals surface area (Å²) in [5.41, 5.74) is 6.54. The lowest BCUT2D eigenvalue weighted by atomic mass is 10.1. The maximum absolute atomic E-state index is 13.9. The van der Waals surface area contributed by atoms with Crippen LogP contribution in [0.15, 0.2) is 23.4 Å². The first-order chi connectivity index (χ1) is 9.61. The summed E-state index contributed by atoms with van der Waals surface area (Å²) in [6.07, 6.45) is 0. The molecule has 2 aromatic rings. The Labute approximate surface area is 121 Å². The predicted molar refractivity (Wildman–Crippen MR) is 77.6 cm³/mol. The van der Waals surface area contributed by atoms with E-state index in [-0.39, 0.29) is 12.4 Å². The summed E-state index contributed by atoms with van der Waals surface area (Å²) in [4.78, 5) is 0. The molecule has 0 unspecified atom stereocenters. The third-order valence-corrected chi connectivity index (χ3v) is 3.87. The second kappa shape index (κ2) is 6.55. The van der Waals surface area contributed by atoms with Crippen LogP contribution in [-0.2, 0) is 12.8 Å². The van der Waals surface area contributed by atoms with Crippen LogP contribution in [0.4, 0.5) is 4.39 Å². The molecule has 1 aromatic heterocycles. The molecule has 0 radical (unpaired) electrons. The Bertz CT molecular complexity index is 670. The number of halogens is 1. The number of aromatic nitrogens is 3.